The van der Waals surface area contributed by atoms with Crippen molar-refractivity contribution in [3.63, 3.8) is 0 Å². The minimum Gasteiger partial charge on any atom is -0.316 e. The van der Waals surface area contributed by atoms with Gasteiger partial charge in [0.1, 0.15) is 0 Å². The van der Waals surface area contributed by atoms with Crippen LogP contribution >= 0.6 is 11.8 Å². The largest absolute Gasteiger partial charge is 0.316 e. The van der Waals surface area contributed by atoms with Gasteiger partial charge in [0.05, 0.1) is 0 Å². The molecule has 0 saturated heterocycles. The summed E-state index contributed by atoms with van der Waals surface area (Å²) in [6, 6.07) is 0.727. The maximum atomic E-state index is 3.28. The van der Waals surface area contributed by atoms with Gasteiger partial charge in [0.15, 0.2) is 0 Å². The Morgan fingerprint density at radius 3 is 2.56 bits per heavy atom. The van der Waals surface area contributed by atoms with E-state index in [9.17, 15) is 0 Å². The Balaban J connectivity index is 3.18. The third-order valence-electron chi connectivity index (χ3n) is 1.41. The minimum atomic E-state index is 0.727. The van der Waals surface area contributed by atoms with Gasteiger partial charge in [-0.05, 0) is 19.7 Å². The number of thioether (sulfide) groups is 1. The first kappa shape index (κ1) is 9.31. The van der Waals surface area contributed by atoms with Gasteiger partial charge in [0.25, 0.3) is 0 Å². The second-order valence-electron chi connectivity index (χ2n) is 2.23. The van der Waals surface area contributed by atoms with Gasteiger partial charge in [-0.3, -0.25) is 0 Å². The summed E-state index contributed by atoms with van der Waals surface area (Å²) in [5.41, 5.74) is 0. The molecule has 1 N–H and O–H groups in total. The third kappa shape index (κ3) is 4.79. The Morgan fingerprint density at radius 2 is 2.22 bits per heavy atom. The van der Waals surface area contributed by atoms with Gasteiger partial charge >= 0.3 is 0 Å². The molecule has 0 aliphatic heterocycles. The van der Waals surface area contributed by atoms with Crippen LogP contribution in [0.1, 0.15) is 19.8 Å². The molecule has 0 aliphatic carbocycles. The highest BCUT2D eigenvalue weighted by Crippen LogP contribution is 2.02. The third-order valence-corrected chi connectivity index (χ3v) is 2.15. The van der Waals surface area contributed by atoms with Crippen LogP contribution in [0.4, 0.5) is 0 Å². The zero-order valence-corrected chi connectivity index (χ0v) is 7.42. The molecule has 2 heteroatoms. The van der Waals surface area contributed by atoms with Crippen LogP contribution in [0, 0.1) is 0 Å². The summed E-state index contributed by atoms with van der Waals surface area (Å²) in [4.78, 5) is 0. The van der Waals surface area contributed by atoms with Gasteiger partial charge in [-0.25, -0.2) is 0 Å². The number of nitrogens with one attached hydrogen (secondary N) is 1. The molecule has 56 valence electrons. The highest BCUT2D eigenvalue weighted by atomic mass is 32.2. The van der Waals surface area contributed by atoms with E-state index in [-0.39, 0.29) is 0 Å². The van der Waals surface area contributed by atoms with Crippen molar-refractivity contribution in [3.05, 3.63) is 0 Å². The molecular formula is C7H17NS. The first-order valence-electron chi connectivity index (χ1n) is 3.51. The monoisotopic (exact) mass is 147 g/mol. The number of hydrogen-bond acceptors (Lipinski definition) is 2. The van der Waals surface area contributed by atoms with Gasteiger partial charge in [-0.15, -0.1) is 0 Å². The summed E-state index contributed by atoms with van der Waals surface area (Å²) in [6.45, 7) is 2.23. The van der Waals surface area contributed by atoms with Crippen molar-refractivity contribution in [1.29, 1.82) is 0 Å². The fourth-order valence-corrected chi connectivity index (χ4v) is 1.60. The summed E-state index contributed by atoms with van der Waals surface area (Å²) in [7, 11) is 2.04. The van der Waals surface area contributed by atoms with Crippen LogP contribution in [0.15, 0.2) is 0 Å². The topological polar surface area (TPSA) is 12.0 Å². The van der Waals surface area contributed by atoms with Crippen LogP contribution in [0.25, 0.3) is 0 Å². The van der Waals surface area contributed by atoms with Crippen molar-refractivity contribution in [1.82, 2.24) is 5.32 Å². The van der Waals surface area contributed by atoms with E-state index < -0.39 is 0 Å². The lowest BCUT2D eigenvalue weighted by atomic mass is 10.2. The van der Waals surface area contributed by atoms with Gasteiger partial charge in [-0.2, -0.15) is 11.8 Å². The fourth-order valence-electron chi connectivity index (χ4n) is 0.861. The van der Waals surface area contributed by atoms with Crippen molar-refractivity contribution in [2.24, 2.45) is 0 Å². The molecule has 0 amide bonds. The van der Waals surface area contributed by atoms with Crippen molar-refractivity contribution < 1.29 is 0 Å². The number of hydrogen-bond donors (Lipinski definition) is 1. The predicted molar refractivity (Wildman–Crippen MR) is 46.1 cm³/mol. The summed E-state index contributed by atoms with van der Waals surface area (Å²) in [6.07, 6.45) is 4.74. The lowest BCUT2D eigenvalue weighted by molar-refractivity contribution is 0.565. The minimum absolute atomic E-state index is 0.727. The van der Waals surface area contributed by atoms with Crippen molar-refractivity contribution >= 4 is 11.8 Å². The standard InChI is InChI=1S/C7H17NS/c1-4-5-7(8-2)6-9-3/h7-8H,4-6H2,1-3H3. The molecule has 9 heavy (non-hydrogen) atoms. The van der Waals surface area contributed by atoms with E-state index in [1.807, 2.05) is 18.8 Å². The highest BCUT2D eigenvalue weighted by Gasteiger charge is 2.00. The van der Waals surface area contributed by atoms with E-state index >= 15 is 0 Å². The summed E-state index contributed by atoms with van der Waals surface area (Å²) < 4.78 is 0. The molecule has 0 aromatic heterocycles. The Bertz CT molecular complexity index is 50.9. The van der Waals surface area contributed by atoms with E-state index in [1.54, 1.807) is 0 Å². The molecule has 0 radical (unpaired) electrons. The van der Waals surface area contributed by atoms with Gasteiger partial charge in [-0.1, -0.05) is 13.3 Å². The lowest BCUT2D eigenvalue weighted by Gasteiger charge is -2.12. The molecule has 0 fully saturated rings. The van der Waals surface area contributed by atoms with E-state index in [4.69, 9.17) is 0 Å². The Morgan fingerprint density at radius 1 is 1.56 bits per heavy atom. The second-order valence-corrected chi connectivity index (χ2v) is 3.14. The van der Waals surface area contributed by atoms with Crippen LogP contribution in [-0.2, 0) is 0 Å². The molecule has 0 saturated carbocycles. The molecule has 0 aromatic rings. The lowest BCUT2D eigenvalue weighted by Crippen LogP contribution is -2.27. The summed E-state index contributed by atoms with van der Waals surface area (Å²) in [5.74, 6) is 1.24. The second kappa shape index (κ2) is 6.43. The SMILES string of the molecule is CCCC(CSC)NC. The Hall–Kier alpha value is 0.310. The van der Waals surface area contributed by atoms with E-state index in [0.29, 0.717) is 0 Å². The van der Waals surface area contributed by atoms with Crippen LogP contribution < -0.4 is 5.32 Å². The maximum absolute atomic E-state index is 3.28. The highest BCUT2D eigenvalue weighted by molar-refractivity contribution is 7.98. The van der Waals surface area contributed by atoms with Crippen LogP contribution in [0.5, 0.6) is 0 Å². The molecule has 0 aliphatic rings. The van der Waals surface area contributed by atoms with E-state index in [1.165, 1.54) is 18.6 Å². The van der Waals surface area contributed by atoms with Gasteiger partial charge in [0, 0.05) is 11.8 Å². The Labute approximate surface area is 62.6 Å². The van der Waals surface area contributed by atoms with Crippen molar-refractivity contribution in [2.75, 3.05) is 19.1 Å². The first-order chi connectivity index (χ1) is 4.35. The molecule has 1 nitrogen and oxygen atoms in total. The summed E-state index contributed by atoms with van der Waals surface area (Å²) >= 11 is 1.91. The zero-order chi connectivity index (χ0) is 7.11. The molecule has 0 aromatic carbocycles. The molecule has 0 heterocycles. The van der Waals surface area contributed by atoms with Gasteiger partial charge in [0.2, 0.25) is 0 Å². The van der Waals surface area contributed by atoms with E-state index in [0.717, 1.165) is 6.04 Å². The maximum Gasteiger partial charge on any atom is 0.0155 e. The molecule has 0 spiro atoms. The molecule has 1 unspecified atom stereocenters. The Kier molecular flexibility index (Phi) is 6.65. The summed E-state index contributed by atoms with van der Waals surface area (Å²) in [5, 5.41) is 3.28. The van der Waals surface area contributed by atoms with Crippen LogP contribution in [-0.4, -0.2) is 25.1 Å². The van der Waals surface area contributed by atoms with Crippen LogP contribution in [0.3, 0.4) is 0 Å². The quantitative estimate of drug-likeness (QED) is 0.635. The number of rotatable bonds is 5. The molecular weight excluding hydrogens is 130 g/mol. The molecule has 1 atom stereocenters. The fraction of sp³-hybridized carbons (Fsp3) is 1.00. The zero-order valence-electron chi connectivity index (χ0n) is 6.61. The average molecular weight is 147 g/mol. The van der Waals surface area contributed by atoms with Crippen molar-refractivity contribution in [2.45, 2.75) is 25.8 Å². The van der Waals surface area contributed by atoms with Crippen molar-refractivity contribution in [3.8, 4) is 0 Å². The van der Waals surface area contributed by atoms with Gasteiger partial charge < -0.3 is 5.32 Å². The molecule has 0 rings (SSSR count). The predicted octanol–water partition coefficient (Wildman–Crippen LogP) is 1.74. The molecule has 0 bridgehead atoms. The average Bonchev–Trinajstić information content (AvgIpc) is 1.88. The normalized spacial score (nSPS) is 13.7. The first-order valence-corrected chi connectivity index (χ1v) is 4.90. The van der Waals surface area contributed by atoms with Crippen LogP contribution in [0.2, 0.25) is 0 Å². The van der Waals surface area contributed by atoms with E-state index in [2.05, 4.69) is 18.5 Å². The smallest absolute Gasteiger partial charge is 0.0155 e.